The summed E-state index contributed by atoms with van der Waals surface area (Å²) < 4.78 is 4.93. The van der Waals surface area contributed by atoms with Crippen LogP contribution in [0, 0.1) is 5.92 Å². The second-order valence-corrected chi connectivity index (χ2v) is 6.59. The lowest BCUT2D eigenvalue weighted by molar-refractivity contribution is -0.153. The number of thiophene rings is 1. The van der Waals surface area contributed by atoms with Gasteiger partial charge in [0.15, 0.2) is 12.4 Å². The van der Waals surface area contributed by atoms with Gasteiger partial charge in [-0.2, -0.15) is 0 Å². The van der Waals surface area contributed by atoms with Crippen molar-refractivity contribution in [2.24, 2.45) is 11.7 Å². The van der Waals surface area contributed by atoms with Gasteiger partial charge in [-0.25, -0.2) is 0 Å². The quantitative estimate of drug-likeness (QED) is 0.581. The maximum atomic E-state index is 12.0. The van der Waals surface area contributed by atoms with Crippen molar-refractivity contribution in [3.05, 3.63) is 22.4 Å². The van der Waals surface area contributed by atoms with Crippen LogP contribution in [-0.2, 0) is 19.1 Å². The highest BCUT2D eigenvalue weighted by atomic mass is 32.1. The molecule has 0 saturated carbocycles. The molecule has 0 spiro atoms. The second-order valence-electron chi connectivity index (χ2n) is 5.64. The SMILES string of the molecule is NC(=O)[C@@H]1CCCN(C(=O)COC(=O)CCC(=O)c2cccs2)C1. The average Bonchev–Trinajstić information content (AvgIpc) is 3.12. The summed E-state index contributed by atoms with van der Waals surface area (Å²) in [5, 5.41) is 1.79. The Morgan fingerprint density at radius 1 is 1.29 bits per heavy atom. The van der Waals surface area contributed by atoms with Crippen molar-refractivity contribution < 1.29 is 23.9 Å². The van der Waals surface area contributed by atoms with Crippen LogP contribution in [0.25, 0.3) is 0 Å². The predicted molar refractivity (Wildman–Crippen MR) is 87.3 cm³/mol. The van der Waals surface area contributed by atoms with E-state index in [4.69, 9.17) is 10.5 Å². The Bertz CT molecular complexity index is 614. The van der Waals surface area contributed by atoms with E-state index in [0.29, 0.717) is 24.3 Å². The van der Waals surface area contributed by atoms with Gasteiger partial charge in [-0.1, -0.05) is 6.07 Å². The zero-order chi connectivity index (χ0) is 17.5. The van der Waals surface area contributed by atoms with Gasteiger partial charge in [0.2, 0.25) is 5.91 Å². The van der Waals surface area contributed by atoms with Crippen molar-refractivity contribution in [1.82, 2.24) is 4.90 Å². The molecule has 1 fully saturated rings. The standard InChI is InChI=1S/C16H20N2O5S/c17-16(22)11-3-1-7-18(9-11)14(20)10-23-15(21)6-5-12(19)13-4-2-8-24-13/h2,4,8,11H,1,3,5-7,9-10H2,(H2,17,22)/t11-/m1/s1. The molecule has 1 aromatic rings. The minimum atomic E-state index is -0.586. The van der Waals surface area contributed by atoms with E-state index in [1.54, 1.807) is 17.5 Å². The van der Waals surface area contributed by atoms with Crippen molar-refractivity contribution in [1.29, 1.82) is 0 Å². The molecule has 0 aliphatic carbocycles. The summed E-state index contributed by atoms with van der Waals surface area (Å²) in [6.07, 6.45) is 1.36. The molecule has 8 heteroatoms. The van der Waals surface area contributed by atoms with Crippen LogP contribution in [-0.4, -0.2) is 48.2 Å². The minimum absolute atomic E-state index is 0.0565. The van der Waals surface area contributed by atoms with Crippen LogP contribution in [0.3, 0.4) is 0 Å². The Balaban J connectivity index is 1.70. The molecule has 2 N–H and O–H groups in total. The number of piperidine rings is 1. The van der Waals surface area contributed by atoms with Gasteiger partial charge in [-0.15, -0.1) is 11.3 Å². The van der Waals surface area contributed by atoms with Gasteiger partial charge in [-0.05, 0) is 24.3 Å². The molecule has 0 aromatic carbocycles. The number of hydrogen-bond donors (Lipinski definition) is 1. The summed E-state index contributed by atoms with van der Waals surface area (Å²) in [4.78, 5) is 48.8. The molecule has 0 radical (unpaired) electrons. The molecule has 1 aliphatic rings. The number of amides is 2. The fraction of sp³-hybridized carbons (Fsp3) is 0.500. The van der Waals surface area contributed by atoms with Crippen molar-refractivity contribution >= 4 is 34.9 Å². The summed E-state index contributed by atoms with van der Waals surface area (Å²) in [5.41, 5.74) is 5.27. The highest BCUT2D eigenvalue weighted by Gasteiger charge is 2.27. The molecule has 2 amide bonds. The number of carbonyl (C=O) groups excluding carboxylic acids is 4. The number of ether oxygens (including phenoxy) is 1. The lowest BCUT2D eigenvalue weighted by Gasteiger charge is -2.31. The summed E-state index contributed by atoms with van der Waals surface area (Å²) in [7, 11) is 0. The number of Topliss-reactive ketones (excluding diaryl/α,β-unsaturated/α-hetero) is 1. The number of carbonyl (C=O) groups is 4. The van der Waals surface area contributed by atoms with Gasteiger partial charge in [0.1, 0.15) is 0 Å². The van der Waals surface area contributed by atoms with E-state index in [9.17, 15) is 19.2 Å². The molecular formula is C16H20N2O5S. The molecule has 1 saturated heterocycles. The number of rotatable bonds is 7. The number of primary amides is 1. The number of nitrogens with two attached hydrogens (primary N) is 1. The summed E-state index contributed by atoms with van der Waals surface area (Å²) >= 11 is 1.32. The highest BCUT2D eigenvalue weighted by Crippen LogP contribution is 2.16. The van der Waals surface area contributed by atoms with E-state index >= 15 is 0 Å². The molecule has 24 heavy (non-hydrogen) atoms. The molecule has 130 valence electrons. The lowest BCUT2D eigenvalue weighted by Crippen LogP contribution is -2.45. The van der Waals surface area contributed by atoms with E-state index < -0.39 is 11.9 Å². The third-order valence-electron chi connectivity index (χ3n) is 3.89. The van der Waals surface area contributed by atoms with E-state index in [1.807, 2.05) is 0 Å². The number of nitrogens with zero attached hydrogens (tertiary/aromatic N) is 1. The first kappa shape index (κ1) is 18.1. The number of hydrogen-bond acceptors (Lipinski definition) is 6. The van der Waals surface area contributed by atoms with Crippen LogP contribution in [0.4, 0.5) is 0 Å². The minimum Gasteiger partial charge on any atom is -0.456 e. The predicted octanol–water partition coefficient (Wildman–Crippen LogP) is 0.978. The smallest absolute Gasteiger partial charge is 0.306 e. The lowest BCUT2D eigenvalue weighted by atomic mass is 9.97. The van der Waals surface area contributed by atoms with Gasteiger partial charge in [0.05, 0.1) is 17.2 Å². The van der Waals surface area contributed by atoms with Crippen LogP contribution < -0.4 is 5.73 Å². The van der Waals surface area contributed by atoms with E-state index in [0.717, 1.165) is 0 Å². The molecule has 1 aromatic heterocycles. The zero-order valence-electron chi connectivity index (χ0n) is 13.2. The molecule has 2 heterocycles. The largest absolute Gasteiger partial charge is 0.456 e. The Kier molecular flexibility index (Phi) is 6.48. The molecule has 1 aliphatic heterocycles. The van der Waals surface area contributed by atoms with Gasteiger partial charge < -0.3 is 15.4 Å². The average molecular weight is 352 g/mol. The van der Waals surface area contributed by atoms with Crippen molar-refractivity contribution in [3.63, 3.8) is 0 Å². The Morgan fingerprint density at radius 3 is 2.75 bits per heavy atom. The number of ketones is 1. The van der Waals surface area contributed by atoms with Gasteiger partial charge in [0.25, 0.3) is 5.91 Å². The van der Waals surface area contributed by atoms with Crippen LogP contribution in [0.5, 0.6) is 0 Å². The molecule has 0 bridgehead atoms. The van der Waals surface area contributed by atoms with Gasteiger partial charge in [-0.3, -0.25) is 19.2 Å². The third kappa shape index (κ3) is 5.16. The maximum absolute atomic E-state index is 12.0. The van der Waals surface area contributed by atoms with Gasteiger partial charge in [0, 0.05) is 19.5 Å². The first-order valence-corrected chi connectivity index (χ1v) is 8.64. The van der Waals surface area contributed by atoms with Crippen molar-refractivity contribution in [2.75, 3.05) is 19.7 Å². The fourth-order valence-electron chi connectivity index (χ4n) is 2.52. The monoisotopic (exact) mass is 352 g/mol. The Labute approximate surface area is 143 Å². The van der Waals surface area contributed by atoms with Gasteiger partial charge >= 0.3 is 5.97 Å². The highest BCUT2D eigenvalue weighted by molar-refractivity contribution is 7.12. The first-order chi connectivity index (χ1) is 11.5. The second kappa shape index (κ2) is 8.58. The van der Waals surface area contributed by atoms with Crippen LogP contribution in [0.1, 0.15) is 35.4 Å². The number of esters is 1. The first-order valence-electron chi connectivity index (χ1n) is 7.77. The van der Waals surface area contributed by atoms with Crippen LogP contribution >= 0.6 is 11.3 Å². The molecule has 2 rings (SSSR count). The topological polar surface area (TPSA) is 107 Å². The molecule has 0 unspecified atom stereocenters. The molecule has 1 atom stereocenters. The van der Waals surface area contributed by atoms with E-state index in [2.05, 4.69) is 0 Å². The van der Waals surface area contributed by atoms with Crippen LogP contribution in [0.15, 0.2) is 17.5 Å². The van der Waals surface area contributed by atoms with Crippen molar-refractivity contribution in [3.8, 4) is 0 Å². The fourth-order valence-corrected chi connectivity index (χ4v) is 3.21. The molecule has 7 nitrogen and oxygen atoms in total. The summed E-state index contributed by atoms with van der Waals surface area (Å²) in [5.74, 6) is -1.82. The Morgan fingerprint density at radius 2 is 2.08 bits per heavy atom. The van der Waals surface area contributed by atoms with Crippen LogP contribution in [0.2, 0.25) is 0 Å². The maximum Gasteiger partial charge on any atom is 0.306 e. The molecular weight excluding hydrogens is 332 g/mol. The van der Waals surface area contributed by atoms with E-state index in [1.165, 1.54) is 16.2 Å². The zero-order valence-corrected chi connectivity index (χ0v) is 14.0. The van der Waals surface area contributed by atoms with Crippen molar-refractivity contribution in [2.45, 2.75) is 25.7 Å². The Hall–Kier alpha value is -2.22. The summed E-state index contributed by atoms with van der Waals surface area (Å²) in [6.45, 7) is 0.414. The van der Waals surface area contributed by atoms with E-state index in [-0.39, 0.29) is 43.6 Å². The normalized spacial score (nSPS) is 17.3. The number of likely N-dealkylation sites (tertiary alicyclic amines) is 1. The summed E-state index contributed by atoms with van der Waals surface area (Å²) in [6, 6.07) is 3.47. The third-order valence-corrected chi connectivity index (χ3v) is 4.80.